The van der Waals surface area contributed by atoms with Gasteiger partial charge in [-0.3, -0.25) is 27.6 Å². The minimum absolute atomic E-state index is 0.0102. The van der Waals surface area contributed by atoms with Gasteiger partial charge in [-0.25, -0.2) is 0 Å². The maximum absolute atomic E-state index is 13.5. The van der Waals surface area contributed by atoms with Gasteiger partial charge in [-0.2, -0.15) is 0 Å². The van der Waals surface area contributed by atoms with Gasteiger partial charge in [-0.15, -0.1) is 0 Å². The van der Waals surface area contributed by atoms with E-state index in [4.69, 9.17) is 88.1 Å². The minimum Gasteiger partial charge on any atom is -0.756 e. The molecule has 0 spiro atoms. The lowest BCUT2D eigenvalue weighted by Crippen LogP contribution is -2.64. The number of rotatable bonds is 61. The van der Waals surface area contributed by atoms with Gasteiger partial charge in [0.2, 0.25) is 5.91 Å². The molecule has 23 atom stereocenters. The highest BCUT2D eigenvalue weighted by molar-refractivity contribution is 7.46. The van der Waals surface area contributed by atoms with Crippen LogP contribution in [0.2, 0.25) is 0 Å². The second-order valence-electron chi connectivity index (χ2n) is 26.5. The normalized spacial score (nSPS) is 31.3. The van der Waals surface area contributed by atoms with E-state index in [-0.39, 0.29) is 91.6 Å². The van der Waals surface area contributed by atoms with Crippen LogP contribution in [0.4, 0.5) is 0 Å². The molecule has 0 aromatic rings. The maximum Gasteiger partial charge on any atom is 0.267 e. The van der Waals surface area contributed by atoms with E-state index >= 15 is 0 Å². The van der Waals surface area contributed by atoms with Gasteiger partial charge in [-0.05, 0) is 64.7 Å². The molecule has 4 saturated heterocycles. The fourth-order valence-corrected chi connectivity index (χ4v) is 15.1. The molecule has 0 saturated carbocycles. The number of carbonyl (C=O) groups is 1. The van der Waals surface area contributed by atoms with Crippen LogP contribution in [0.5, 0.6) is 0 Å². The molecule has 4 heterocycles. The quantitative estimate of drug-likeness (QED) is 0.0250. The number of aliphatic hydroxyl groups is 9. The topological polar surface area (TPSA) is 596 Å². The Bertz CT molecular complexity index is 2580. The Kier molecular flexibility index (Phi) is 47.3. The van der Waals surface area contributed by atoms with Crippen molar-refractivity contribution in [3.8, 4) is 0 Å². The lowest BCUT2D eigenvalue weighted by atomic mass is 9.92. The van der Waals surface area contributed by atoms with E-state index in [1.54, 1.807) is 20.8 Å². The average Bonchev–Trinajstić information content (AvgIpc) is 1.36. The summed E-state index contributed by atoms with van der Waals surface area (Å²) in [6.07, 6.45) is -11.6. The first-order chi connectivity index (χ1) is 50.6. The standard InChI is InChI=1S/C61H120NO40P5/c1-42-33-46(102-103(73,74)83-5)50(98-42)37-96-107(81,82)97-41-61(38-84-21-18-30-93-104(75,76)90-27-15-9-6-12-24-87-58-43(2)52(67)54(69)47(34-63)99-58,39-85-22-19-31-94-105(77,78)91-28-16-10-7-13-25-88-59-44(3)53(68)55(70)48(35-64)100-59)40-86-23-20-32-95-106(79,80)92-29-17-11-8-14-26-89-60-51(62-45(4)66)57(72)56(71)49(36-65)101-60/h42-44,46-60,63-65,67-72H,6-41H2,1-5H3,(H,62,66)(H,73,74)(H,75,76)(H,77,78)(H,79,80)(H,81,82)/p-5/t42-,43?,44?,46?,47?,48?,49?,50+,51?,52+,53+,54-,55-,56-,57+,58+,59+,60+,61?/m0/s1. The summed E-state index contributed by atoms with van der Waals surface area (Å²) < 4.78 is 171. The number of amides is 1. The molecule has 0 aromatic carbocycles. The predicted molar refractivity (Wildman–Crippen MR) is 358 cm³/mol. The number of ether oxygens (including phenoxy) is 10. The summed E-state index contributed by atoms with van der Waals surface area (Å²) in [7, 11) is -23.9. The SMILES string of the molecule is COP(=O)([O-])OC1C[C@H](C)O[C@@H]1COP(=O)([O-])OCC(COCCCOP(=O)([O-])OCCCCCCO[C@@H]1OC(CO)[C@H](O)[C@H](O)C1C)(COCCCOP(=O)([O-])OCCCCCCO[C@@H]1OC(CO)[C@H](O)[C@H](O)C1C)COCCCOP(=O)([O-])OCCCCCCO[C@@H]1OC(CO)[C@H](O)[C@H](O)C1NC(C)=O. The van der Waals surface area contributed by atoms with Crippen LogP contribution in [-0.4, -0.2) is 289 Å². The first-order valence-electron chi connectivity index (χ1n) is 36.0. The summed E-state index contributed by atoms with van der Waals surface area (Å²) in [6.45, 7) is -0.858. The van der Waals surface area contributed by atoms with E-state index in [2.05, 4.69) is 9.84 Å². The highest BCUT2D eigenvalue weighted by atomic mass is 31.2. The molecule has 0 aliphatic carbocycles. The number of hydrogen-bond acceptors (Lipinski definition) is 40. The van der Waals surface area contributed by atoms with E-state index in [9.17, 15) is 98.0 Å². The highest BCUT2D eigenvalue weighted by Gasteiger charge is 2.47. The summed E-state index contributed by atoms with van der Waals surface area (Å²) in [5.74, 6) is -1.65. The van der Waals surface area contributed by atoms with Crippen LogP contribution in [0.25, 0.3) is 0 Å². The second-order valence-corrected chi connectivity index (χ2v) is 33.6. The molecule has 0 bridgehead atoms. The Hall–Kier alpha value is -0.740. The van der Waals surface area contributed by atoms with Gasteiger partial charge in [0.1, 0.15) is 54.9 Å². The van der Waals surface area contributed by atoms with Gasteiger partial charge >= 0.3 is 0 Å². The summed E-state index contributed by atoms with van der Waals surface area (Å²) in [5, 5.41) is 92.4. The lowest BCUT2D eigenvalue weighted by molar-refractivity contribution is -0.282. The first kappa shape index (κ1) is 98.6. The van der Waals surface area contributed by atoms with Crippen molar-refractivity contribution >= 4 is 45.0 Å². The van der Waals surface area contributed by atoms with Crippen LogP contribution in [-0.2, 0) is 120 Å². The Morgan fingerprint density at radius 2 is 0.748 bits per heavy atom. The van der Waals surface area contributed by atoms with Gasteiger partial charge in [0.05, 0.1) is 122 Å². The van der Waals surface area contributed by atoms with Crippen LogP contribution in [0, 0.1) is 17.3 Å². The van der Waals surface area contributed by atoms with Gasteiger partial charge in [0.15, 0.2) is 18.9 Å². The molecule has 0 aromatic heterocycles. The third-order valence-corrected chi connectivity index (χ3v) is 22.3. The zero-order chi connectivity index (χ0) is 79.3. The van der Waals surface area contributed by atoms with Crippen molar-refractivity contribution < 1.29 is 191 Å². The number of nitrogens with one attached hydrogen (secondary N) is 1. The molecule has 4 aliphatic rings. The van der Waals surface area contributed by atoms with E-state index in [0.29, 0.717) is 70.6 Å². The van der Waals surface area contributed by atoms with Crippen LogP contribution in [0.15, 0.2) is 0 Å². The van der Waals surface area contributed by atoms with E-state index in [1.165, 1.54) is 6.92 Å². The van der Waals surface area contributed by atoms with E-state index in [1.807, 2.05) is 0 Å². The first-order valence-corrected chi connectivity index (χ1v) is 43.3. The molecule has 10 N–H and O–H groups in total. The van der Waals surface area contributed by atoms with Gasteiger partial charge in [0.25, 0.3) is 39.1 Å². The molecule has 107 heavy (non-hydrogen) atoms. The number of phosphoric ester groups is 5. The number of carbonyl (C=O) groups excluding carboxylic acids is 1. The van der Waals surface area contributed by atoms with Gasteiger partial charge < -0.3 is 168 Å². The fourth-order valence-electron chi connectivity index (χ4n) is 11.3. The smallest absolute Gasteiger partial charge is 0.267 e. The summed E-state index contributed by atoms with van der Waals surface area (Å²) >= 11 is 0. The Balaban J connectivity index is 1.33. The molecule has 12 unspecified atom stereocenters. The molecule has 46 heteroatoms. The maximum atomic E-state index is 13.5. The molecule has 4 aliphatic heterocycles. The third-order valence-electron chi connectivity index (χ3n) is 17.4. The predicted octanol–water partition coefficient (Wildman–Crippen LogP) is -1.30. The van der Waals surface area contributed by atoms with Gasteiger partial charge in [-0.1, -0.05) is 52.4 Å². The zero-order valence-corrected chi connectivity index (χ0v) is 65.7. The van der Waals surface area contributed by atoms with Crippen LogP contribution >= 0.6 is 39.1 Å². The highest BCUT2D eigenvalue weighted by Crippen LogP contribution is 2.46. The summed E-state index contributed by atoms with van der Waals surface area (Å²) in [5.41, 5.74) is -1.65. The molecule has 4 fully saturated rings. The van der Waals surface area contributed by atoms with Gasteiger partial charge in [0, 0.05) is 71.9 Å². The zero-order valence-electron chi connectivity index (χ0n) is 61.3. The molecule has 1 amide bonds. The molecular weight excluding hydrogens is 1540 g/mol. The molecular formula is C61H115NO40P5-5. The Morgan fingerprint density at radius 1 is 0.411 bits per heavy atom. The minimum atomic E-state index is -5.39. The van der Waals surface area contributed by atoms with Crippen molar-refractivity contribution in [2.24, 2.45) is 17.3 Å². The molecule has 634 valence electrons. The van der Waals surface area contributed by atoms with Crippen molar-refractivity contribution in [1.29, 1.82) is 0 Å². The lowest BCUT2D eigenvalue weighted by Gasteiger charge is -2.42. The summed E-state index contributed by atoms with van der Waals surface area (Å²) in [6, 6.07) is -1.12. The second kappa shape index (κ2) is 51.4. The number of aliphatic hydroxyl groups excluding tert-OH is 9. The van der Waals surface area contributed by atoms with Crippen molar-refractivity contribution in [3.05, 3.63) is 0 Å². The number of phosphoric acid groups is 5. The van der Waals surface area contributed by atoms with Crippen molar-refractivity contribution in [2.75, 3.05) is 139 Å². The molecule has 4 rings (SSSR count). The van der Waals surface area contributed by atoms with Crippen molar-refractivity contribution in [2.45, 2.75) is 229 Å². The largest absolute Gasteiger partial charge is 0.756 e. The van der Waals surface area contributed by atoms with Crippen molar-refractivity contribution in [1.82, 2.24) is 5.32 Å². The summed E-state index contributed by atoms with van der Waals surface area (Å²) in [4.78, 5) is 75.6. The van der Waals surface area contributed by atoms with Crippen LogP contribution in [0.3, 0.4) is 0 Å². The van der Waals surface area contributed by atoms with Crippen LogP contribution in [0.1, 0.15) is 130 Å². The van der Waals surface area contributed by atoms with E-state index < -0.39 is 233 Å². The third kappa shape index (κ3) is 38.3. The number of unbranched alkanes of at least 4 members (excludes halogenated alkanes) is 9. The Morgan fingerprint density at radius 3 is 1.11 bits per heavy atom. The molecule has 0 radical (unpaired) electrons. The number of hydrogen-bond donors (Lipinski definition) is 10. The average molecular weight is 1660 g/mol. The van der Waals surface area contributed by atoms with Crippen molar-refractivity contribution in [3.63, 3.8) is 0 Å². The molecule has 41 nitrogen and oxygen atoms in total. The fraction of sp³-hybridized carbons (Fsp3) is 0.984. The Labute approximate surface area is 623 Å². The monoisotopic (exact) mass is 1660 g/mol. The van der Waals surface area contributed by atoms with E-state index in [0.717, 1.165) is 7.11 Å². The van der Waals surface area contributed by atoms with Crippen LogP contribution < -0.4 is 29.8 Å².